The molecule has 5 aromatic carbocycles. The number of nitrogens with zero attached hydrogens (tertiary/aromatic N) is 4. The molecule has 0 spiro atoms. The van der Waals surface area contributed by atoms with Crippen LogP contribution in [-0.4, -0.2) is 91.0 Å². The van der Waals surface area contributed by atoms with E-state index in [2.05, 4.69) is 71.9 Å². The van der Waals surface area contributed by atoms with E-state index in [9.17, 15) is 31.2 Å². The number of aromatic nitrogens is 4. The first-order valence-electron chi connectivity index (χ1n) is 24.5. The van der Waals surface area contributed by atoms with Crippen LogP contribution >= 0.6 is 142 Å². The average molecular weight is 1590 g/mol. The molecular weight excluding hydrogens is 1540 g/mol. The summed E-state index contributed by atoms with van der Waals surface area (Å²) in [5, 5.41) is 29.0. The average Bonchev–Trinajstić information content (AvgIpc) is 4.20. The molecule has 34 heteroatoms. The van der Waals surface area contributed by atoms with Crippen LogP contribution in [0, 0.1) is 11.4 Å². The number of hydrogen-bond acceptors (Lipinski definition) is 24. The van der Waals surface area contributed by atoms with Crippen LogP contribution in [0.1, 0.15) is 53.8 Å². The summed E-state index contributed by atoms with van der Waals surface area (Å²) in [6, 6.07) is 36.7. The van der Waals surface area contributed by atoms with E-state index in [0.29, 0.717) is 74.9 Å². The number of aldehydes is 1. The van der Waals surface area contributed by atoms with Gasteiger partial charge in [-0.15, -0.1) is 45.3 Å². The summed E-state index contributed by atoms with van der Waals surface area (Å²) in [5.74, 6) is -0.383. The van der Waals surface area contributed by atoms with Crippen molar-refractivity contribution in [2.75, 3.05) is 31.1 Å². The number of nitrogens with two attached hydrogens (primary N) is 1. The number of thiazole rings is 4. The first-order chi connectivity index (χ1) is 42.9. The topological polar surface area (TPSA) is 288 Å². The number of benzene rings is 5. The van der Waals surface area contributed by atoms with Gasteiger partial charge in [-0.25, -0.2) is 33.1 Å². The molecule has 0 saturated carbocycles. The molecule has 4 aromatic heterocycles. The Morgan fingerprint density at radius 2 is 1.04 bits per heavy atom. The van der Waals surface area contributed by atoms with Crippen molar-refractivity contribution in [3.8, 4) is 56.4 Å². The second-order valence-electron chi connectivity index (χ2n) is 15.8. The van der Waals surface area contributed by atoms with Gasteiger partial charge in [-0.1, -0.05) is 159 Å². The second-order valence-corrected chi connectivity index (χ2v) is 27.4. The number of ketones is 1. The zero-order valence-corrected chi connectivity index (χ0v) is 60.0. The van der Waals surface area contributed by atoms with E-state index in [1.54, 1.807) is 61.7 Å². The summed E-state index contributed by atoms with van der Waals surface area (Å²) < 4.78 is 66.9. The van der Waals surface area contributed by atoms with Gasteiger partial charge in [0.2, 0.25) is 14.1 Å². The molecule has 0 radical (unpaired) electrons. The molecule has 3 N–H and O–H groups in total. The number of hydrogen-bond donors (Lipinski definition) is 2. The SMILES string of the molecule is CCOC(=O)c1nc(-c2ccccc2Cl)cs1.CCOOC#CSN.CS(=O)(=O)Cl.CS(=O)(=O)OCc1nc(-c2ccccc2Cl)cs1.O=C(CBr)c1ccccc1Cl.O=Cc1nc(-c2ccccc2Cl)cs1.OCc1nc(-c2ccccc2Cl)cs1.[O]=[Mn]=[O]. The summed E-state index contributed by atoms with van der Waals surface area (Å²) >= 11 is 37.7. The minimum atomic E-state index is -3.45. The maximum absolute atomic E-state index is 11.5. The van der Waals surface area contributed by atoms with E-state index in [0.717, 1.165) is 70.1 Å². The number of alkyl halides is 1. The van der Waals surface area contributed by atoms with Gasteiger partial charge in [0.15, 0.2) is 23.2 Å². The number of carbonyl (C=O) groups is 3. The van der Waals surface area contributed by atoms with Gasteiger partial charge in [-0.2, -0.15) is 13.3 Å². The summed E-state index contributed by atoms with van der Waals surface area (Å²) in [7, 11) is -2.14. The quantitative estimate of drug-likeness (QED) is 0.00784. The minimum absolute atomic E-state index is 0.00981. The Morgan fingerprint density at radius 1 is 0.644 bits per heavy atom. The van der Waals surface area contributed by atoms with Gasteiger partial charge in [0, 0.05) is 97.3 Å². The number of ether oxygens (including phenoxy) is 1. The Hall–Kier alpha value is -4.78. The van der Waals surface area contributed by atoms with Crippen molar-refractivity contribution in [1.29, 1.82) is 0 Å². The van der Waals surface area contributed by atoms with Gasteiger partial charge in [-0.05, 0) is 50.2 Å². The number of rotatable bonds is 15. The Labute approximate surface area is 583 Å². The van der Waals surface area contributed by atoms with Crippen molar-refractivity contribution in [2.45, 2.75) is 27.1 Å². The Kier molecular flexibility index (Phi) is 41.1. The molecule has 0 aliphatic carbocycles. The monoisotopic (exact) mass is 1580 g/mol. The Balaban J connectivity index is 0.000000364. The van der Waals surface area contributed by atoms with Crippen molar-refractivity contribution in [1.82, 2.24) is 19.9 Å². The molecule has 0 unspecified atom stereocenters. The number of aliphatic hydroxyl groups excluding tert-OH is 1. The third-order valence-corrected chi connectivity index (χ3v) is 15.6. The molecule has 90 heavy (non-hydrogen) atoms. The van der Waals surface area contributed by atoms with Crippen molar-refractivity contribution in [3.05, 3.63) is 194 Å². The number of aliphatic hydroxyl groups is 1. The van der Waals surface area contributed by atoms with E-state index in [1.807, 2.05) is 95.0 Å². The summed E-state index contributed by atoms with van der Waals surface area (Å²) in [4.78, 5) is 58.6. The summed E-state index contributed by atoms with van der Waals surface area (Å²) in [5.41, 5.74) is 6.98. The van der Waals surface area contributed by atoms with E-state index in [-0.39, 0.29) is 19.0 Å². The third-order valence-electron chi connectivity index (χ3n) is 9.43. The molecule has 9 rings (SSSR count). The molecule has 481 valence electrons. The van der Waals surface area contributed by atoms with Crippen molar-refractivity contribution < 1.29 is 77.5 Å². The number of Topliss-reactive ketones (excluding diaryl/α,β-unsaturated/α-hetero) is 1. The number of halogens is 7. The van der Waals surface area contributed by atoms with Crippen LogP contribution in [-0.2, 0) is 73.6 Å². The predicted molar refractivity (Wildman–Crippen MR) is 361 cm³/mol. The summed E-state index contributed by atoms with van der Waals surface area (Å²) in [6.45, 7) is 4.34. The third kappa shape index (κ3) is 33.2. The molecular formula is C56H50BrCl6MnN5O14S7. The van der Waals surface area contributed by atoms with Gasteiger partial charge in [0.25, 0.3) is 10.1 Å². The number of esters is 1. The normalized spacial score (nSPS) is 10.1. The van der Waals surface area contributed by atoms with E-state index >= 15 is 0 Å². The molecule has 0 aliphatic heterocycles. The second kappa shape index (κ2) is 45.5. The van der Waals surface area contributed by atoms with Crippen LogP contribution in [0.5, 0.6) is 0 Å². The Morgan fingerprint density at radius 3 is 1.42 bits per heavy atom. The molecule has 9 aromatic rings. The van der Waals surface area contributed by atoms with Gasteiger partial charge in [-0.3, -0.25) is 23.8 Å². The van der Waals surface area contributed by atoms with Crippen LogP contribution in [0.2, 0.25) is 25.1 Å². The van der Waals surface area contributed by atoms with Crippen LogP contribution in [0.4, 0.5) is 0 Å². The van der Waals surface area contributed by atoms with Crippen LogP contribution in [0.3, 0.4) is 0 Å². The molecule has 0 bridgehead atoms. The fraction of sp³-hybridized carbons (Fsp3) is 0.161. The molecule has 0 amide bonds. The van der Waals surface area contributed by atoms with Crippen LogP contribution in [0.15, 0.2) is 143 Å². The van der Waals surface area contributed by atoms with Crippen LogP contribution < -0.4 is 5.14 Å². The van der Waals surface area contributed by atoms with E-state index < -0.39 is 40.0 Å². The molecule has 0 saturated heterocycles. The van der Waals surface area contributed by atoms with E-state index in [1.165, 1.54) is 45.3 Å². The first kappa shape index (κ1) is 81.3. The fourth-order valence-electron chi connectivity index (χ4n) is 5.88. The van der Waals surface area contributed by atoms with Crippen molar-refractivity contribution in [2.24, 2.45) is 5.14 Å². The van der Waals surface area contributed by atoms with E-state index in [4.69, 9.17) is 80.7 Å². The van der Waals surface area contributed by atoms with Gasteiger partial charge >= 0.3 is 28.5 Å². The van der Waals surface area contributed by atoms with Gasteiger partial charge < -0.3 is 9.84 Å². The Bertz CT molecular complexity index is 4010. The summed E-state index contributed by atoms with van der Waals surface area (Å²) in [6.07, 6.45) is 4.88. The molecule has 0 fully saturated rings. The zero-order valence-electron chi connectivity index (χ0n) is 47.0. The van der Waals surface area contributed by atoms with Gasteiger partial charge in [0.05, 0.1) is 65.5 Å². The van der Waals surface area contributed by atoms with Crippen molar-refractivity contribution >= 4 is 179 Å². The molecule has 4 heterocycles. The first-order valence-corrected chi connectivity index (χ1v) is 37.4. The van der Waals surface area contributed by atoms with Crippen molar-refractivity contribution in [3.63, 3.8) is 0 Å². The van der Waals surface area contributed by atoms with Gasteiger partial charge in [0.1, 0.15) is 16.6 Å². The number of carbonyl (C=O) groups excluding carboxylic acids is 3. The molecule has 19 nitrogen and oxygen atoms in total. The standard InChI is InChI=1S/C12H10ClNO2S.C11H10ClNO3S2.C10H8ClNOS.C10H6ClNOS.C8H6BrClO.C4H7NO2S.CH3ClO2S.Mn.2O/c1-2-16-12(15)11-14-10(7-17-11)8-5-3-4-6-9(8)13;1-18(14,15)16-6-11-13-10(7-17-11)8-4-2-3-5-9(8)12;2*11-8-4-2-1-3-7(8)9-6-14-10(5-13)12-9;9-5-8(11)6-3-1-2-4-7(6)10;1-2-6-7-3-4-8-5;1-5(2,3)4;;;/h3-7H,2H2,1H3;2-5,7H,6H2,1H3;1-4,6,13H,5H2;1-6H;1-4H,5H2;2,5H2,1H3;1H3;;;. The molecule has 0 aliphatic rings. The fourth-order valence-corrected chi connectivity index (χ4v) is 10.5. The zero-order chi connectivity index (χ0) is 67.1. The molecule has 0 atom stereocenters. The van der Waals surface area contributed by atoms with Crippen LogP contribution in [0.25, 0.3) is 45.0 Å². The maximum atomic E-state index is 11.5. The predicted octanol–water partition coefficient (Wildman–Crippen LogP) is 16.2.